The summed E-state index contributed by atoms with van der Waals surface area (Å²) >= 11 is 11.2. The van der Waals surface area contributed by atoms with Crippen LogP contribution >= 0.6 is 23.2 Å². The summed E-state index contributed by atoms with van der Waals surface area (Å²) < 4.78 is 12.9. The Balaban J connectivity index is 2.62. The zero-order valence-corrected chi connectivity index (χ0v) is 10.8. The van der Waals surface area contributed by atoms with Crippen LogP contribution in [0.2, 0.25) is 0 Å². The minimum Gasteiger partial charge on any atom is -0.340 e. The van der Waals surface area contributed by atoms with Crippen LogP contribution in [-0.2, 0) is 11.2 Å². The first-order valence-electron chi connectivity index (χ1n) is 5.31. The molecule has 1 aromatic rings. The molecule has 1 aromatic carbocycles. The molecule has 0 bridgehead atoms. The maximum Gasteiger partial charge on any atom is 0.227 e. The summed E-state index contributed by atoms with van der Waals surface area (Å²) in [7, 11) is 0. The smallest absolute Gasteiger partial charge is 0.227 e. The van der Waals surface area contributed by atoms with E-state index < -0.39 is 0 Å². The quantitative estimate of drug-likeness (QED) is 0.733. The zero-order valence-electron chi connectivity index (χ0n) is 9.33. The zero-order chi connectivity index (χ0) is 12.7. The number of benzene rings is 1. The maximum atomic E-state index is 12.9. The number of halogens is 3. The number of carbonyl (C=O) groups excluding carboxylic acids is 1. The van der Waals surface area contributed by atoms with Gasteiger partial charge in [-0.15, -0.1) is 23.2 Å². The Bertz CT molecular complexity index is 367. The maximum absolute atomic E-state index is 12.9. The summed E-state index contributed by atoms with van der Waals surface area (Å²) in [5.74, 6) is 0.311. The Morgan fingerprint density at radius 1 is 1.24 bits per heavy atom. The van der Waals surface area contributed by atoms with Gasteiger partial charge in [-0.2, -0.15) is 0 Å². The molecule has 0 aliphatic rings. The standard InChI is InChI=1S/C12H14Cl2FNO/c13-4-6-16(7-5-14)12(17)9-10-2-1-3-11(15)8-10/h1-3,8H,4-7,9H2. The molecular weight excluding hydrogens is 264 g/mol. The second-order valence-electron chi connectivity index (χ2n) is 3.57. The van der Waals surface area contributed by atoms with E-state index in [4.69, 9.17) is 23.2 Å². The van der Waals surface area contributed by atoms with E-state index in [9.17, 15) is 9.18 Å². The van der Waals surface area contributed by atoms with Crippen LogP contribution in [0, 0.1) is 5.82 Å². The molecule has 0 radical (unpaired) electrons. The topological polar surface area (TPSA) is 20.3 Å². The van der Waals surface area contributed by atoms with Crippen molar-refractivity contribution in [2.75, 3.05) is 24.8 Å². The Morgan fingerprint density at radius 3 is 2.41 bits per heavy atom. The van der Waals surface area contributed by atoms with Crippen molar-refractivity contribution in [1.82, 2.24) is 4.90 Å². The number of amides is 1. The van der Waals surface area contributed by atoms with Crippen molar-refractivity contribution in [3.8, 4) is 0 Å². The lowest BCUT2D eigenvalue weighted by Gasteiger charge is -2.20. The number of alkyl halides is 2. The third kappa shape index (κ3) is 4.92. The molecule has 0 aliphatic carbocycles. The van der Waals surface area contributed by atoms with E-state index in [0.717, 1.165) is 0 Å². The van der Waals surface area contributed by atoms with E-state index in [1.54, 1.807) is 17.0 Å². The molecule has 0 aromatic heterocycles. The number of hydrogen-bond acceptors (Lipinski definition) is 1. The molecule has 17 heavy (non-hydrogen) atoms. The minimum absolute atomic E-state index is 0.0862. The predicted octanol–water partition coefficient (Wildman–Crippen LogP) is 2.67. The summed E-state index contributed by atoms with van der Waals surface area (Å²) in [6.45, 7) is 0.921. The van der Waals surface area contributed by atoms with E-state index in [1.807, 2.05) is 0 Å². The molecule has 0 saturated carbocycles. The summed E-state index contributed by atoms with van der Waals surface area (Å²) in [6, 6.07) is 6.02. The molecule has 2 nitrogen and oxygen atoms in total. The van der Waals surface area contributed by atoms with Gasteiger partial charge in [0.2, 0.25) is 5.91 Å². The van der Waals surface area contributed by atoms with E-state index >= 15 is 0 Å². The first kappa shape index (κ1) is 14.3. The SMILES string of the molecule is O=C(Cc1cccc(F)c1)N(CCCl)CCCl. The van der Waals surface area contributed by atoms with Crippen LogP contribution in [0.5, 0.6) is 0 Å². The normalized spacial score (nSPS) is 10.3. The molecule has 0 fully saturated rings. The van der Waals surface area contributed by atoms with Gasteiger partial charge in [0.1, 0.15) is 5.82 Å². The van der Waals surface area contributed by atoms with Crippen molar-refractivity contribution >= 4 is 29.1 Å². The highest BCUT2D eigenvalue weighted by Gasteiger charge is 2.13. The molecule has 1 amide bonds. The van der Waals surface area contributed by atoms with Gasteiger partial charge in [-0.1, -0.05) is 12.1 Å². The van der Waals surface area contributed by atoms with Crippen LogP contribution in [0.1, 0.15) is 5.56 Å². The van der Waals surface area contributed by atoms with E-state index in [0.29, 0.717) is 30.4 Å². The fourth-order valence-electron chi connectivity index (χ4n) is 1.50. The van der Waals surface area contributed by atoms with Crippen molar-refractivity contribution in [2.45, 2.75) is 6.42 Å². The van der Waals surface area contributed by atoms with Crippen molar-refractivity contribution in [3.63, 3.8) is 0 Å². The van der Waals surface area contributed by atoms with Crippen molar-refractivity contribution in [3.05, 3.63) is 35.6 Å². The van der Waals surface area contributed by atoms with Gasteiger partial charge in [0.15, 0.2) is 0 Å². The molecule has 94 valence electrons. The van der Waals surface area contributed by atoms with Crippen molar-refractivity contribution in [1.29, 1.82) is 0 Å². The average molecular weight is 278 g/mol. The lowest BCUT2D eigenvalue weighted by molar-refractivity contribution is -0.130. The molecular formula is C12H14Cl2FNO. The van der Waals surface area contributed by atoms with Gasteiger partial charge in [-0.05, 0) is 17.7 Å². The first-order valence-corrected chi connectivity index (χ1v) is 6.38. The summed E-state index contributed by atoms with van der Waals surface area (Å²) in [5, 5.41) is 0. The van der Waals surface area contributed by atoms with Gasteiger partial charge in [0.25, 0.3) is 0 Å². The lowest BCUT2D eigenvalue weighted by Crippen LogP contribution is -2.35. The fourth-order valence-corrected chi connectivity index (χ4v) is 1.91. The number of nitrogens with zero attached hydrogens (tertiary/aromatic N) is 1. The van der Waals surface area contributed by atoms with Crippen LogP contribution in [0.15, 0.2) is 24.3 Å². The minimum atomic E-state index is -0.337. The van der Waals surface area contributed by atoms with E-state index in [2.05, 4.69) is 0 Å². The van der Waals surface area contributed by atoms with Crippen molar-refractivity contribution < 1.29 is 9.18 Å². The van der Waals surface area contributed by atoms with Gasteiger partial charge < -0.3 is 4.90 Å². The largest absolute Gasteiger partial charge is 0.340 e. The van der Waals surface area contributed by atoms with Crippen LogP contribution in [0.3, 0.4) is 0 Å². The third-order valence-electron chi connectivity index (χ3n) is 2.31. The number of carbonyl (C=O) groups is 1. The second-order valence-corrected chi connectivity index (χ2v) is 4.32. The molecule has 1 rings (SSSR count). The molecule has 0 heterocycles. The van der Waals surface area contributed by atoms with E-state index in [-0.39, 0.29) is 18.1 Å². The summed E-state index contributed by atoms with van der Waals surface area (Å²) in [4.78, 5) is 13.5. The average Bonchev–Trinajstić information content (AvgIpc) is 2.28. The van der Waals surface area contributed by atoms with Crippen LogP contribution in [-0.4, -0.2) is 35.7 Å². The molecule has 0 saturated heterocycles. The van der Waals surface area contributed by atoms with Gasteiger partial charge >= 0.3 is 0 Å². The van der Waals surface area contributed by atoms with Gasteiger partial charge in [-0.3, -0.25) is 4.79 Å². The Hall–Kier alpha value is -0.800. The van der Waals surface area contributed by atoms with Gasteiger partial charge in [0.05, 0.1) is 6.42 Å². The highest BCUT2D eigenvalue weighted by atomic mass is 35.5. The van der Waals surface area contributed by atoms with Gasteiger partial charge in [-0.25, -0.2) is 4.39 Å². The molecule has 0 atom stereocenters. The summed E-state index contributed by atoms with van der Waals surface area (Å²) in [5.41, 5.74) is 0.657. The van der Waals surface area contributed by atoms with Crippen LogP contribution in [0.25, 0.3) is 0 Å². The fraction of sp³-hybridized carbons (Fsp3) is 0.417. The number of hydrogen-bond donors (Lipinski definition) is 0. The highest BCUT2D eigenvalue weighted by Crippen LogP contribution is 2.06. The lowest BCUT2D eigenvalue weighted by atomic mass is 10.1. The Kier molecular flexibility index (Phi) is 6.30. The van der Waals surface area contributed by atoms with Gasteiger partial charge in [0, 0.05) is 24.8 Å². The second kappa shape index (κ2) is 7.51. The van der Waals surface area contributed by atoms with Crippen LogP contribution in [0.4, 0.5) is 4.39 Å². The monoisotopic (exact) mass is 277 g/mol. The Morgan fingerprint density at radius 2 is 1.88 bits per heavy atom. The molecule has 0 N–H and O–H groups in total. The van der Waals surface area contributed by atoms with Crippen molar-refractivity contribution in [2.24, 2.45) is 0 Å². The third-order valence-corrected chi connectivity index (χ3v) is 2.64. The molecule has 0 aliphatic heterocycles. The Labute approximate surface area is 110 Å². The summed E-state index contributed by atoms with van der Waals surface area (Å²) in [6.07, 6.45) is 0.172. The highest BCUT2D eigenvalue weighted by molar-refractivity contribution is 6.18. The first-order chi connectivity index (χ1) is 8.17. The predicted molar refractivity (Wildman–Crippen MR) is 68.1 cm³/mol. The molecule has 5 heteroatoms. The van der Waals surface area contributed by atoms with E-state index in [1.165, 1.54) is 12.1 Å². The molecule has 0 unspecified atom stereocenters. The van der Waals surface area contributed by atoms with Crippen LogP contribution < -0.4 is 0 Å². The molecule has 0 spiro atoms. The number of rotatable bonds is 6.